The highest BCUT2D eigenvalue weighted by Gasteiger charge is 2.37. The van der Waals surface area contributed by atoms with Crippen LogP contribution < -0.4 is 0 Å². The fourth-order valence-electron chi connectivity index (χ4n) is 8.61. The molecule has 0 radical (unpaired) electrons. The largest absolute Gasteiger partial charge is 0.309 e. The lowest BCUT2D eigenvalue weighted by atomic mass is 9.82. The summed E-state index contributed by atoms with van der Waals surface area (Å²) in [4.78, 5) is 0. The van der Waals surface area contributed by atoms with Crippen LogP contribution in [0.5, 0.6) is 0 Å². The number of para-hydroxylation sites is 4. The normalized spacial score (nSPS) is 13.2. The first kappa shape index (κ1) is 27.7. The number of hydrogen-bond acceptors (Lipinski definition) is 1. The Morgan fingerprint density at radius 2 is 1.08 bits per heavy atom. The third-order valence-corrected chi connectivity index (χ3v) is 10.8. The molecule has 0 aliphatic heterocycles. The predicted octanol–water partition coefficient (Wildman–Crippen LogP) is 11.7. The molecule has 7 aromatic carbocycles. The molecule has 0 N–H and O–H groups in total. The fourth-order valence-corrected chi connectivity index (χ4v) is 8.61. The van der Waals surface area contributed by atoms with Crippen molar-refractivity contribution in [3.8, 4) is 39.7 Å². The van der Waals surface area contributed by atoms with Crippen LogP contribution in [-0.4, -0.2) is 9.13 Å². The number of fused-ring (bicyclic) bond motifs is 10. The molecule has 2 aromatic heterocycles. The standard InChI is InChI=1S/C46H31N3/c1-46(2)37-18-8-3-16-35(37)44-38(46)25-26-43-45(44)36-17-7-12-22-42(36)49(43)41-21-11-4-13-32(41)31-24-23-30(27-29(31)28-47)48-39-19-9-5-14-33(39)34-15-6-10-20-40(34)48/h3-27H,1-2H3. The Kier molecular flexibility index (Phi) is 5.69. The topological polar surface area (TPSA) is 33.6 Å². The summed E-state index contributed by atoms with van der Waals surface area (Å²) in [5, 5.41) is 15.6. The molecule has 0 saturated heterocycles. The molecule has 230 valence electrons. The maximum atomic E-state index is 10.7. The first-order valence-corrected chi connectivity index (χ1v) is 16.9. The zero-order chi connectivity index (χ0) is 32.9. The van der Waals surface area contributed by atoms with Crippen molar-refractivity contribution in [1.82, 2.24) is 9.13 Å². The Morgan fingerprint density at radius 1 is 0.490 bits per heavy atom. The predicted molar refractivity (Wildman–Crippen MR) is 203 cm³/mol. The van der Waals surface area contributed by atoms with E-state index in [0.717, 1.165) is 39.1 Å². The van der Waals surface area contributed by atoms with Gasteiger partial charge in [-0.15, -0.1) is 0 Å². The average Bonchev–Trinajstić information content (AvgIpc) is 3.75. The summed E-state index contributed by atoms with van der Waals surface area (Å²) in [6.07, 6.45) is 0. The summed E-state index contributed by atoms with van der Waals surface area (Å²) in [5.41, 5.74) is 14.5. The van der Waals surface area contributed by atoms with Crippen molar-refractivity contribution in [3.63, 3.8) is 0 Å². The highest BCUT2D eigenvalue weighted by Crippen LogP contribution is 2.53. The van der Waals surface area contributed by atoms with E-state index in [1.54, 1.807) is 0 Å². The molecule has 0 bridgehead atoms. The summed E-state index contributed by atoms with van der Waals surface area (Å²) >= 11 is 0. The molecule has 3 heteroatoms. The molecular weight excluding hydrogens is 595 g/mol. The Bertz CT molecular complexity index is 2820. The smallest absolute Gasteiger partial charge is 0.0998 e. The zero-order valence-corrected chi connectivity index (χ0v) is 27.3. The average molecular weight is 626 g/mol. The van der Waals surface area contributed by atoms with Gasteiger partial charge >= 0.3 is 0 Å². The minimum Gasteiger partial charge on any atom is -0.309 e. The summed E-state index contributed by atoms with van der Waals surface area (Å²) < 4.78 is 4.67. The lowest BCUT2D eigenvalue weighted by Gasteiger charge is -2.21. The van der Waals surface area contributed by atoms with Crippen molar-refractivity contribution in [2.45, 2.75) is 19.3 Å². The minimum atomic E-state index is -0.0823. The van der Waals surface area contributed by atoms with Gasteiger partial charge in [-0.05, 0) is 64.7 Å². The molecule has 3 nitrogen and oxygen atoms in total. The van der Waals surface area contributed by atoms with Gasteiger partial charge in [0.2, 0.25) is 0 Å². The summed E-state index contributed by atoms with van der Waals surface area (Å²) in [6, 6.07) is 56.6. The van der Waals surface area contributed by atoms with Gasteiger partial charge in [0.25, 0.3) is 0 Å². The van der Waals surface area contributed by atoms with Crippen molar-refractivity contribution in [3.05, 3.63) is 168 Å². The van der Waals surface area contributed by atoms with Crippen LogP contribution in [0.2, 0.25) is 0 Å². The van der Waals surface area contributed by atoms with E-state index >= 15 is 0 Å². The second kappa shape index (κ2) is 10.1. The molecular formula is C46H31N3. The number of aromatic nitrogens is 2. The second-order valence-electron chi connectivity index (χ2n) is 13.6. The summed E-state index contributed by atoms with van der Waals surface area (Å²) in [6.45, 7) is 4.68. The van der Waals surface area contributed by atoms with E-state index in [0.29, 0.717) is 5.56 Å². The Labute approximate surface area is 284 Å². The van der Waals surface area contributed by atoms with Gasteiger partial charge in [-0.3, -0.25) is 0 Å². The van der Waals surface area contributed by atoms with Gasteiger partial charge in [0.15, 0.2) is 0 Å². The third kappa shape index (κ3) is 3.72. The number of hydrogen-bond donors (Lipinski definition) is 0. The molecule has 49 heavy (non-hydrogen) atoms. The van der Waals surface area contributed by atoms with Gasteiger partial charge < -0.3 is 9.13 Å². The van der Waals surface area contributed by atoms with Gasteiger partial charge in [-0.2, -0.15) is 5.26 Å². The third-order valence-electron chi connectivity index (χ3n) is 10.8. The second-order valence-corrected chi connectivity index (χ2v) is 13.6. The van der Waals surface area contributed by atoms with Crippen LogP contribution in [0.4, 0.5) is 0 Å². The molecule has 10 rings (SSSR count). The highest BCUT2D eigenvalue weighted by molar-refractivity contribution is 6.18. The van der Waals surface area contributed by atoms with Crippen molar-refractivity contribution < 1.29 is 0 Å². The van der Waals surface area contributed by atoms with Crippen LogP contribution in [0.1, 0.15) is 30.5 Å². The number of nitriles is 1. The van der Waals surface area contributed by atoms with E-state index in [1.807, 2.05) is 6.07 Å². The monoisotopic (exact) mass is 625 g/mol. The molecule has 9 aromatic rings. The lowest BCUT2D eigenvalue weighted by Crippen LogP contribution is -2.14. The van der Waals surface area contributed by atoms with Gasteiger partial charge in [0.1, 0.15) is 0 Å². The minimum absolute atomic E-state index is 0.0823. The summed E-state index contributed by atoms with van der Waals surface area (Å²) in [7, 11) is 0. The van der Waals surface area contributed by atoms with E-state index in [1.165, 1.54) is 49.3 Å². The Hall–Kier alpha value is -6.37. The van der Waals surface area contributed by atoms with Gasteiger partial charge in [-0.1, -0.05) is 123 Å². The highest BCUT2D eigenvalue weighted by atomic mass is 15.0. The SMILES string of the molecule is CC1(C)c2ccccc2-c2c1ccc1c2c2ccccc2n1-c1ccccc1-c1ccc(-n2c3ccccc3c3ccccc32)cc1C#N. The molecule has 0 spiro atoms. The number of nitrogens with zero attached hydrogens (tertiary/aromatic N) is 3. The molecule has 0 amide bonds. The van der Waals surface area contributed by atoms with Crippen LogP contribution in [0.25, 0.3) is 77.2 Å². The van der Waals surface area contributed by atoms with Gasteiger partial charge in [0.05, 0.1) is 39.4 Å². The zero-order valence-electron chi connectivity index (χ0n) is 27.3. The van der Waals surface area contributed by atoms with Crippen molar-refractivity contribution in [2.24, 2.45) is 0 Å². The van der Waals surface area contributed by atoms with Crippen molar-refractivity contribution in [1.29, 1.82) is 5.26 Å². The van der Waals surface area contributed by atoms with Gasteiger partial charge in [-0.25, -0.2) is 0 Å². The Balaban J connectivity index is 1.22. The molecule has 0 atom stereocenters. The van der Waals surface area contributed by atoms with Crippen LogP contribution in [-0.2, 0) is 5.41 Å². The molecule has 1 aliphatic rings. The molecule has 0 unspecified atom stereocenters. The van der Waals surface area contributed by atoms with E-state index < -0.39 is 0 Å². The molecule has 0 fully saturated rings. The maximum Gasteiger partial charge on any atom is 0.0998 e. The molecule has 0 saturated carbocycles. The van der Waals surface area contributed by atoms with Crippen LogP contribution in [0.15, 0.2) is 152 Å². The van der Waals surface area contributed by atoms with E-state index in [9.17, 15) is 5.26 Å². The van der Waals surface area contributed by atoms with E-state index in [-0.39, 0.29) is 5.41 Å². The first-order chi connectivity index (χ1) is 24.1. The Morgan fingerprint density at radius 3 is 1.80 bits per heavy atom. The number of benzene rings is 7. The maximum absolute atomic E-state index is 10.7. The lowest BCUT2D eigenvalue weighted by molar-refractivity contribution is 0.661. The molecule has 1 aliphatic carbocycles. The number of rotatable bonds is 3. The van der Waals surface area contributed by atoms with Crippen molar-refractivity contribution in [2.75, 3.05) is 0 Å². The quantitative estimate of drug-likeness (QED) is 0.192. The van der Waals surface area contributed by atoms with Crippen LogP contribution >= 0.6 is 0 Å². The van der Waals surface area contributed by atoms with Crippen molar-refractivity contribution >= 4 is 43.6 Å². The van der Waals surface area contributed by atoms with Gasteiger partial charge in [0, 0.05) is 43.8 Å². The molecule has 2 heterocycles. The van der Waals surface area contributed by atoms with Crippen LogP contribution in [0, 0.1) is 11.3 Å². The summed E-state index contributed by atoms with van der Waals surface area (Å²) in [5.74, 6) is 0. The van der Waals surface area contributed by atoms with E-state index in [4.69, 9.17) is 0 Å². The fraction of sp³-hybridized carbons (Fsp3) is 0.0652. The van der Waals surface area contributed by atoms with E-state index in [2.05, 4.69) is 175 Å². The van der Waals surface area contributed by atoms with Crippen LogP contribution in [0.3, 0.4) is 0 Å². The first-order valence-electron chi connectivity index (χ1n) is 16.9.